The van der Waals surface area contributed by atoms with Gasteiger partial charge in [0.2, 0.25) is 0 Å². The summed E-state index contributed by atoms with van der Waals surface area (Å²) in [5.74, 6) is 0.102. The van der Waals surface area contributed by atoms with E-state index in [0.29, 0.717) is 23.1 Å². The molecule has 1 aliphatic heterocycles. The Morgan fingerprint density at radius 2 is 2.37 bits per heavy atom. The quantitative estimate of drug-likeness (QED) is 0.718. The van der Waals surface area contributed by atoms with Gasteiger partial charge in [-0.3, -0.25) is 4.79 Å². The molecule has 2 rings (SSSR count). The Morgan fingerprint density at radius 3 is 3.05 bits per heavy atom. The smallest absolute Gasteiger partial charge is 0.252 e. The molecule has 19 heavy (non-hydrogen) atoms. The average Bonchev–Trinajstić information content (AvgIpc) is 2.84. The van der Waals surface area contributed by atoms with E-state index in [1.54, 1.807) is 12.3 Å². The lowest BCUT2D eigenvalue weighted by atomic mass is 10.1. The van der Waals surface area contributed by atoms with Gasteiger partial charge in [0.1, 0.15) is 5.82 Å². The van der Waals surface area contributed by atoms with E-state index in [1.165, 1.54) is 0 Å². The van der Waals surface area contributed by atoms with Crippen LogP contribution in [0.5, 0.6) is 0 Å². The molecule has 1 atom stereocenters. The molecule has 2 heterocycles. The highest BCUT2D eigenvalue weighted by Crippen LogP contribution is 2.29. The van der Waals surface area contributed by atoms with Crippen LogP contribution in [0.4, 0.5) is 11.5 Å². The molecule has 1 fully saturated rings. The normalized spacial score (nSPS) is 18.8. The fourth-order valence-corrected chi connectivity index (χ4v) is 2.63. The summed E-state index contributed by atoms with van der Waals surface area (Å²) in [7, 11) is 0. The molecular weight excluding hydrogens is 244 g/mol. The minimum atomic E-state index is -0.511. The monoisotopic (exact) mass is 264 g/mol. The number of aliphatic hydroxyl groups is 1. The average molecular weight is 264 g/mol. The van der Waals surface area contributed by atoms with Gasteiger partial charge in [0.05, 0.1) is 17.4 Å². The summed E-state index contributed by atoms with van der Waals surface area (Å²) in [5, 5.41) is 8.94. The molecule has 5 N–H and O–H groups in total. The van der Waals surface area contributed by atoms with E-state index in [9.17, 15) is 4.79 Å². The summed E-state index contributed by atoms with van der Waals surface area (Å²) in [6.07, 6.45) is 5.29. The van der Waals surface area contributed by atoms with Crippen LogP contribution in [-0.4, -0.2) is 35.2 Å². The number of primary amides is 1. The number of anilines is 2. The number of hydrogen-bond acceptors (Lipinski definition) is 5. The highest BCUT2D eigenvalue weighted by atomic mass is 16.2. The summed E-state index contributed by atoms with van der Waals surface area (Å²) in [5.41, 5.74) is 11.9. The molecule has 6 heteroatoms. The topological polar surface area (TPSA) is 105 Å². The second-order valence-electron chi connectivity index (χ2n) is 4.86. The van der Waals surface area contributed by atoms with Crippen molar-refractivity contribution in [2.75, 3.05) is 23.8 Å². The number of nitrogens with two attached hydrogens (primary N) is 2. The van der Waals surface area contributed by atoms with Crippen LogP contribution in [0, 0.1) is 0 Å². The van der Waals surface area contributed by atoms with Crippen LogP contribution in [0.15, 0.2) is 12.3 Å². The van der Waals surface area contributed by atoms with E-state index in [1.807, 2.05) is 0 Å². The van der Waals surface area contributed by atoms with Crippen molar-refractivity contribution >= 4 is 17.4 Å². The Bertz CT molecular complexity index is 464. The van der Waals surface area contributed by atoms with Gasteiger partial charge in [0, 0.05) is 19.2 Å². The van der Waals surface area contributed by atoms with Gasteiger partial charge in [-0.15, -0.1) is 0 Å². The molecule has 0 radical (unpaired) electrons. The lowest BCUT2D eigenvalue weighted by Crippen LogP contribution is -2.32. The van der Waals surface area contributed by atoms with Crippen LogP contribution in [0.3, 0.4) is 0 Å². The Kier molecular flexibility index (Phi) is 4.21. The van der Waals surface area contributed by atoms with Crippen molar-refractivity contribution in [3.8, 4) is 0 Å². The molecule has 0 aromatic carbocycles. The van der Waals surface area contributed by atoms with Crippen LogP contribution in [0.25, 0.3) is 0 Å². The molecule has 0 bridgehead atoms. The first-order valence-electron chi connectivity index (χ1n) is 6.56. The highest BCUT2D eigenvalue weighted by Gasteiger charge is 2.28. The van der Waals surface area contributed by atoms with Gasteiger partial charge in [-0.1, -0.05) is 0 Å². The predicted molar refractivity (Wildman–Crippen MR) is 73.9 cm³/mol. The number of nitrogens with zero attached hydrogens (tertiary/aromatic N) is 2. The standard InChI is InChI=1S/C13H20N4O2/c14-9-7-11(12(15)19)13(16-8-9)17-5-1-3-10(17)4-2-6-18/h7-8,10,18H,1-6,14H2,(H2,15,19). The lowest BCUT2D eigenvalue weighted by Gasteiger charge is -2.27. The summed E-state index contributed by atoms with van der Waals surface area (Å²) >= 11 is 0. The van der Waals surface area contributed by atoms with Crippen LogP contribution < -0.4 is 16.4 Å². The molecule has 1 aliphatic rings. The molecule has 1 aromatic heterocycles. The molecule has 104 valence electrons. The second-order valence-corrected chi connectivity index (χ2v) is 4.86. The number of amides is 1. The molecule has 1 saturated heterocycles. The maximum atomic E-state index is 11.5. The summed E-state index contributed by atoms with van der Waals surface area (Å²) in [6.45, 7) is 1.04. The molecule has 0 saturated carbocycles. The number of carbonyl (C=O) groups is 1. The zero-order valence-corrected chi connectivity index (χ0v) is 10.9. The molecular formula is C13H20N4O2. The minimum Gasteiger partial charge on any atom is -0.397 e. The van der Waals surface area contributed by atoms with Gasteiger partial charge >= 0.3 is 0 Å². The van der Waals surface area contributed by atoms with Gasteiger partial charge in [0.15, 0.2) is 0 Å². The van der Waals surface area contributed by atoms with E-state index in [0.717, 1.165) is 32.2 Å². The van der Waals surface area contributed by atoms with Crippen LogP contribution >= 0.6 is 0 Å². The molecule has 0 spiro atoms. The van der Waals surface area contributed by atoms with Gasteiger partial charge in [0.25, 0.3) is 5.91 Å². The van der Waals surface area contributed by atoms with Crippen molar-refractivity contribution in [2.24, 2.45) is 5.73 Å². The third-order valence-corrected chi connectivity index (χ3v) is 3.50. The number of aliphatic hydroxyl groups excluding tert-OH is 1. The largest absolute Gasteiger partial charge is 0.397 e. The highest BCUT2D eigenvalue weighted by molar-refractivity contribution is 5.98. The van der Waals surface area contributed by atoms with Gasteiger partial charge in [-0.25, -0.2) is 4.98 Å². The van der Waals surface area contributed by atoms with Gasteiger partial charge in [-0.05, 0) is 31.7 Å². The Hall–Kier alpha value is -1.82. The van der Waals surface area contributed by atoms with Gasteiger partial charge < -0.3 is 21.5 Å². The third kappa shape index (κ3) is 2.96. The van der Waals surface area contributed by atoms with E-state index < -0.39 is 5.91 Å². The molecule has 1 unspecified atom stereocenters. The SMILES string of the molecule is NC(=O)c1cc(N)cnc1N1CCCC1CCCO. The summed E-state index contributed by atoms with van der Waals surface area (Å²) in [6, 6.07) is 1.88. The predicted octanol–water partition coefficient (Wildman–Crippen LogP) is 0.504. The number of hydrogen-bond donors (Lipinski definition) is 3. The van der Waals surface area contributed by atoms with Crippen molar-refractivity contribution in [1.29, 1.82) is 0 Å². The summed E-state index contributed by atoms with van der Waals surface area (Å²) in [4.78, 5) is 17.9. The number of rotatable bonds is 5. The first kappa shape index (κ1) is 13.6. The van der Waals surface area contributed by atoms with Crippen molar-refractivity contribution in [1.82, 2.24) is 4.98 Å². The maximum Gasteiger partial charge on any atom is 0.252 e. The van der Waals surface area contributed by atoms with Gasteiger partial charge in [-0.2, -0.15) is 0 Å². The number of nitrogen functional groups attached to an aromatic ring is 1. The van der Waals surface area contributed by atoms with Crippen molar-refractivity contribution in [3.05, 3.63) is 17.8 Å². The van der Waals surface area contributed by atoms with Crippen LogP contribution in [0.1, 0.15) is 36.0 Å². The fourth-order valence-electron chi connectivity index (χ4n) is 2.63. The van der Waals surface area contributed by atoms with E-state index in [2.05, 4.69) is 9.88 Å². The Labute approximate surface area is 112 Å². The van der Waals surface area contributed by atoms with Crippen molar-refractivity contribution < 1.29 is 9.90 Å². The zero-order chi connectivity index (χ0) is 13.8. The fraction of sp³-hybridized carbons (Fsp3) is 0.538. The molecule has 1 amide bonds. The summed E-state index contributed by atoms with van der Waals surface area (Å²) < 4.78 is 0. The minimum absolute atomic E-state index is 0.183. The number of aromatic nitrogens is 1. The first-order valence-corrected chi connectivity index (χ1v) is 6.56. The van der Waals surface area contributed by atoms with E-state index in [-0.39, 0.29) is 6.61 Å². The number of carbonyl (C=O) groups excluding carboxylic acids is 1. The van der Waals surface area contributed by atoms with E-state index >= 15 is 0 Å². The molecule has 1 aromatic rings. The van der Waals surface area contributed by atoms with E-state index in [4.69, 9.17) is 16.6 Å². The Morgan fingerprint density at radius 1 is 1.58 bits per heavy atom. The van der Waals surface area contributed by atoms with Crippen LogP contribution in [0.2, 0.25) is 0 Å². The lowest BCUT2D eigenvalue weighted by molar-refractivity contribution is 0.100. The zero-order valence-electron chi connectivity index (χ0n) is 10.9. The van der Waals surface area contributed by atoms with Crippen molar-refractivity contribution in [3.63, 3.8) is 0 Å². The maximum absolute atomic E-state index is 11.5. The van der Waals surface area contributed by atoms with Crippen molar-refractivity contribution in [2.45, 2.75) is 31.7 Å². The third-order valence-electron chi connectivity index (χ3n) is 3.50. The molecule has 6 nitrogen and oxygen atoms in total. The van der Waals surface area contributed by atoms with Crippen LogP contribution in [-0.2, 0) is 0 Å². The number of pyridine rings is 1. The first-order chi connectivity index (χ1) is 9.13. The molecule has 0 aliphatic carbocycles. The second kappa shape index (κ2) is 5.88. The Balaban J connectivity index is 2.27.